The van der Waals surface area contributed by atoms with Crippen LogP contribution in [0.5, 0.6) is 0 Å². The van der Waals surface area contributed by atoms with Crippen LogP contribution in [0.4, 0.5) is 0 Å². The molecule has 0 bridgehead atoms. The Kier molecular flexibility index (Phi) is 10.1. The van der Waals surface area contributed by atoms with E-state index >= 15 is 0 Å². The minimum absolute atomic E-state index is 0.588. The lowest BCUT2D eigenvalue weighted by atomic mass is 9.79. The van der Waals surface area contributed by atoms with Crippen molar-refractivity contribution in [3.63, 3.8) is 0 Å². The fraction of sp³-hybridized carbons (Fsp3) is 0. The molecule has 0 aliphatic heterocycles. The lowest BCUT2D eigenvalue weighted by Crippen LogP contribution is -2.02. The van der Waals surface area contributed by atoms with Crippen LogP contribution in [-0.4, -0.2) is 0 Å². The van der Waals surface area contributed by atoms with Gasteiger partial charge >= 0.3 is 0 Å². The van der Waals surface area contributed by atoms with Crippen molar-refractivity contribution in [1.82, 2.24) is 0 Å². The predicted octanol–water partition coefficient (Wildman–Crippen LogP) is 14.8. The molecule has 43 heavy (non-hydrogen) atoms. The molecule has 7 heteroatoms. The maximum Gasteiger partial charge on any atom is 0.0426 e. The molecular weight excluding hydrogens is 997 g/mol. The summed E-state index contributed by atoms with van der Waals surface area (Å²) in [6, 6.07) is 40.0. The smallest absolute Gasteiger partial charge is 0.0426 e. The van der Waals surface area contributed by atoms with Gasteiger partial charge in [0, 0.05) is 41.7 Å². The van der Waals surface area contributed by atoms with Crippen molar-refractivity contribution in [2.45, 2.75) is 0 Å². The molecule has 0 spiro atoms. The highest BCUT2D eigenvalue weighted by molar-refractivity contribution is 14.1. The lowest BCUT2D eigenvalue weighted by Gasteiger charge is -2.27. The minimum atomic E-state index is 0.588. The van der Waals surface area contributed by atoms with E-state index in [9.17, 15) is 0 Å². The molecule has 6 rings (SSSR count). The highest BCUT2D eigenvalue weighted by Gasteiger charge is 2.28. The van der Waals surface area contributed by atoms with E-state index in [0.29, 0.717) is 10.0 Å². The Morgan fingerprint density at radius 1 is 0.442 bits per heavy atom. The van der Waals surface area contributed by atoms with Crippen molar-refractivity contribution in [2.75, 3.05) is 0 Å². The topological polar surface area (TPSA) is 0 Å². The molecular formula is C36H19Br3Cl2I2. The zero-order valence-corrected chi connectivity index (χ0v) is 32.7. The summed E-state index contributed by atoms with van der Waals surface area (Å²) in [7, 11) is 0. The summed E-state index contributed by atoms with van der Waals surface area (Å²) in [5.74, 6) is 0. The third kappa shape index (κ3) is 6.69. The molecule has 0 aliphatic rings. The van der Waals surface area contributed by atoms with Crippen LogP contribution < -0.4 is 0 Å². The molecule has 0 aliphatic carbocycles. The van der Waals surface area contributed by atoms with Gasteiger partial charge in [0.15, 0.2) is 0 Å². The molecule has 0 atom stereocenters. The van der Waals surface area contributed by atoms with Gasteiger partial charge in [0.2, 0.25) is 0 Å². The van der Waals surface area contributed by atoms with Gasteiger partial charge in [0.05, 0.1) is 0 Å². The third-order valence-corrected chi connectivity index (χ3v) is 11.0. The van der Waals surface area contributed by atoms with Crippen LogP contribution in [0.1, 0.15) is 0 Å². The largest absolute Gasteiger partial charge is 0.0843 e. The molecule has 0 saturated heterocycles. The van der Waals surface area contributed by atoms with Crippen molar-refractivity contribution in [3.8, 4) is 55.6 Å². The van der Waals surface area contributed by atoms with E-state index in [1.165, 1.54) is 0 Å². The first-order chi connectivity index (χ1) is 20.7. The molecule has 0 amide bonds. The highest BCUT2D eigenvalue weighted by Crippen LogP contribution is 2.54. The third-order valence-electron chi connectivity index (χ3n) is 7.09. The number of halogens is 7. The number of hydrogen-bond donors (Lipinski definition) is 0. The van der Waals surface area contributed by atoms with E-state index in [-0.39, 0.29) is 0 Å². The molecule has 0 heterocycles. The number of hydrogen-bond acceptors (Lipinski definition) is 0. The highest BCUT2D eigenvalue weighted by atomic mass is 127. The zero-order valence-electron chi connectivity index (χ0n) is 22.1. The van der Waals surface area contributed by atoms with Crippen molar-refractivity contribution < 1.29 is 0 Å². The van der Waals surface area contributed by atoms with E-state index < -0.39 is 0 Å². The first-order valence-electron chi connectivity index (χ1n) is 13.1. The fourth-order valence-corrected chi connectivity index (χ4v) is 8.73. The van der Waals surface area contributed by atoms with Gasteiger partial charge < -0.3 is 0 Å². The van der Waals surface area contributed by atoms with Gasteiger partial charge in [-0.1, -0.05) is 126 Å². The number of benzene rings is 6. The SMILES string of the molecule is Clc1cc(Cl)cc(-c2c(-c3ccccc3Br)c(I)c(-c3cccc(Br)c3)c(-c3ccc(Br)cc3)c2-c2cccc(I)c2)c1. The van der Waals surface area contributed by atoms with Gasteiger partial charge in [0.25, 0.3) is 0 Å². The summed E-state index contributed by atoms with van der Waals surface area (Å²) in [5.41, 5.74) is 11.0. The van der Waals surface area contributed by atoms with Crippen LogP contribution in [0.3, 0.4) is 0 Å². The van der Waals surface area contributed by atoms with Crippen LogP contribution >= 0.6 is 116 Å². The Morgan fingerprint density at radius 3 is 1.70 bits per heavy atom. The van der Waals surface area contributed by atoms with E-state index in [1.807, 2.05) is 18.2 Å². The molecule has 0 radical (unpaired) electrons. The van der Waals surface area contributed by atoms with Crippen LogP contribution in [-0.2, 0) is 0 Å². The molecule has 6 aromatic rings. The normalized spacial score (nSPS) is 11.1. The quantitative estimate of drug-likeness (QED) is 0.151. The molecule has 6 aromatic carbocycles. The van der Waals surface area contributed by atoms with Crippen molar-refractivity contribution in [2.24, 2.45) is 0 Å². The average molecular weight is 1020 g/mol. The van der Waals surface area contributed by atoms with Crippen LogP contribution in [0.25, 0.3) is 55.6 Å². The second kappa shape index (κ2) is 13.7. The second-order valence-electron chi connectivity index (χ2n) is 9.85. The molecule has 212 valence electrons. The van der Waals surface area contributed by atoms with Gasteiger partial charge in [-0.2, -0.15) is 0 Å². The summed E-state index contributed by atoms with van der Waals surface area (Å²) in [4.78, 5) is 0. The maximum absolute atomic E-state index is 6.70. The average Bonchev–Trinajstić information content (AvgIpc) is 2.97. The van der Waals surface area contributed by atoms with E-state index in [1.54, 1.807) is 6.07 Å². The Bertz CT molecular complexity index is 1990. The van der Waals surface area contributed by atoms with Crippen molar-refractivity contribution in [3.05, 3.63) is 146 Å². The van der Waals surface area contributed by atoms with Crippen LogP contribution in [0, 0.1) is 7.14 Å². The van der Waals surface area contributed by atoms with E-state index in [2.05, 4.69) is 184 Å². The Labute approximate surface area is 313 Å². The molecule has 0 unspecified atom stereocenters. The van der Waals surface area contributed by atoms with Crippen LogP contribution in [0.2, 0.25) is 10.0 Å². The molecule has 0 aromatic heterocycles. The van der Waals surface area contributed by atoms with Crippen LogP contribution in [0.15, 0.2) is 129 Å². The van der Waals surface area contributed by atoms with Gasteiger partial charge in [-0.05, 0) is 150 Å². The fourth-order valence-electron chi connectivity index (χ4n) is 5.38. The molecule has 0 N–H and O–H groups in total. The summed E-state index contributed by atoms with van der Waals surface area (Å²) in [6.45, 7) is 0. The summed E-state index contributed by atoms with van der Waals surface area (Å²) in [6.07, 6.45) is 0. The van der Waals surface area contributed by atoms with Gasteiger partial charge in [-0.15, -0.1) is 0 Å². The standard InChI is InChI=1S/C36H19Br3Cl2I2/c37-24-13-11-20(12-14-24)31-32(22-6-4-8-28(42)18-22)33(23-16-26(40)19-27(41)17-23)35(29-9-1-2-10-30(29)39)36(43)34(31)21-5-3-7-25(38)15-21/h1-19H. The van der Waals surface area contributed by atoms with E-state index in [4.69, 9.17) is 23.2 Å². The lowest BCUT2D eigenvalue weighted by molar-refractivity contribution is 1.48. The zero-order chi connectivity index (χ0) is 30.2. The Morgan fingerprint density at radius 2 is 1.05 bits per heavy atom. The predicted molar refractivity (Wildman–Crippen MR) is 212 cm³/mol. The molecule has 0 fully saturated rings. The maximum atomic E-state index is 6.70. The van der Waals surface area contributed by atoms with Crippen molar-refractivity contribution in [1.29, 1.82) is 0 Å². The Balaban J connectivity index is 1.94. The Hall–Kier alpha value is -1.20. The summed E-state index contributed by atoms with van der Waals surface area (Å²) < 4.78 is 5.33. The number of rotatable bonds is 5. The minimum Gasteiger partial charge on any atom is -0.0843 e. The molecule has 0 saturated carbocycles. The van der Waals surface area contributed by atoms with E-state index in [0.717, 1.165) is 76.2 Å². The first-order valence-corrected chi connectivity index (χ1v) is 18.4. The van der Waals surface area contributed by atoms with Gasteiger partial charge in [-0.3, -0.25) is 0 Å². The second-order valence-corrected chi connectivity index (χ2v) is 15.7. The molecule has 0 nitrogen and oxygen atoms in total. The van der Waals surface area contributed by atoms with Crippen molar-refractivity contribution >= 4 is 116 Å². The first kappa shape index (κ1) is 31.8. The van der Waals surface area contributed by atoms with Gasteiger partial charge in [0.1, 0.15) is 0 Å². The summed E-state index contributed by atoms with van der Waals surface area (Å²) >= 11 is 29.6. The monoisotopic (exact) mass is 1010 g/mol. The summed E-state index contributed by atoms with van der Waals surface area (Å²) in [5, 5.41) is 1.18. The van der Waals surface area contributed by atoms with Gasteiger partial charge in [-0.25, -0.2) is 0 Å².